The number of hydrogen-bond donors (Lipinski definition) is 0. The molecule has 1 aliphatic carbocycles. The molecule has 3 aliphatic rings. The van der Waals surface area contributed by atoms with Crippen molar-refractivity contribution in [3.8, 4) is 0 Å². The van der Waals surface area contributed by atoms with Gasteiger partial charge in [0, 0.05) is 38.1 Å². The van der Waals surface area contributed by atoms with E-state index in [1.807, 2.05) is 0 Å². The maximum absolute atomic E-state index is 7.05. The van der Waals surface area contributed by atoms with Crippen LogP contribution in [0.2, 0.25) is 16.6 Å². The van der Waals surface area contributed by atoms with Gasteiger partial charge in [-0.15, -0.1) is 0 Å². The summed E-state index contributed by atoms with van der Waals surface area (Å²) in [5.74, 6) is 0.707. The average Bonchev–Trinajstić information content (AvgIpc) is 3.57. The minimum Gasteiger partial charge on any atom is -0.416 e. The van der Waals surface area contributed by atoms with Gasteiger partial charge in [-0.25, -0.2) is 10.0 Å². The van der Waals surface area contributed by atoms with E-state index in [0.29, 0.717) is 22.5 Å². The Kier molecular flexibility index (Phi) is 13.4. The number of nitrogens with zero attached hydrogens (tertiary/aromatic N) is 3. The standard InChI is InChI=1S/C29H58BrN3O3Si/c1-25(2)37(26(3)4,27(5)6)36-19-12-28-24-29(28,13-10-8-7-9-11-14-30)33(31-15-20-34-21-16-31)32-17-22-35-23-18-32/h25-28H,7-24H2,1-6H3/t28?,29-/m0/s1. The monoisotopic (exact) mass is 603 g/mol. The Balaban J connectivity index is 1.73. The third kappa shape index (κ3) is 8.02. The van der Waals surface area contributed by atoms with Crippen LogP contribution in [0.5, 0.6) is 0 Å². The third-order valence-electron chi connectivity index (χ3n) is 9.38. The molecule has 0 spiro atoms. The van der Waals surface area contributed by atoms with Gasteiger partial charge >= 0.3 is 0 Å². The van der Waals surface area contributed by atoms with Crippen LogP contribution in [0.15, 0.2) is 0 Å². The highest BCUT2D eigenvalue weighted by Crippen LogP contribution is 2.55. The number of morpholine rings is 2. The molecule has 3 rings (SSSR count). The zero-order chi connectivity index (χ0) is 26.9. The van der Waals surface area contributed by atoms with Gasteiger partial charge in [0.25, 0.3) is 0 Å². The number of unbranched alkanes of at least 4 members (excludes halogenated alkanes) is 4. The summed E-state index contributed by atoms with van der Waals surface area (Å²) in [5, 5.41) is 9.12. The van der Waals surface area contributed by atoms with E-state index < -0.39 is 8.32 Å². The van der Waals surface area contributed by atoms with Crippen LogP contribution in [0.4, 0.5) is 0 Å². The Labute approximate surface area is 238 Å². The van der Waals surface area contributed by atoms with E-state index >= 15 is 0 Å². The molecule has 2 atom stereocenters. The van der Waals surface area contributed by atoms with Crippen molar-refractivity contribution in [3.05, 3.63) is 0 Å². The molecule has 1 unspecified atom stereocenters. The van der Waals surface area contributed by atoms with Crippen LogP contribution in [0, 0.1) is 5.92 Å². The summed E-state index contributed by atoms with van der Waals surface area (Å²) < 4.78 is 18.6. The lowest BCUT2D eigenvalue weighted by Gasteiger charge is -2.50. The van der Waals surface area contributed by atoms with Crippen LogP contribution in [-0.2, 0) is 13.9 Å². The number of rotatable bonds is 17. The predicted octanol–water partition coefficient (Wildman–Crippen LogP) is 6.86. The molecule has 6 nitrogen and oxygen atoms in total. The van der Waals surface area contributed by atoms with E-state index in [9.17, 15) is 0 Å². The quantitative estimate of drug-likeness (QED) is 0.103. The Morgan fingerprint density at radius 2 is 1.30 bits per heavy atom. The van der Waals surface area contributed by atoms with Gasteiger partial charge in [0.05, 0.1) is 32.0 Å². The van der Waals surface area contributed by atoms with E-state index in [1.165, 1.54) is 51.4 Å². The van der Waals surface area contributed by atoms with Crippen molar-refractivity contribution >= 4 is 24.2 Å². The lowest BCUT2D eigenvalue weighted by Crippen LogP contribution is -2.64. The first-order valence-electron chi connectivity index (χ1n) is 15.4. The maximum atomic E-state index is 7.05. The Hall–Kier alpha value is 0.457. The summed E-state index contributed by atoms with van der Waals surface area (Å²) >= 11 is 3.59. The first-order chi connectivity index (χ1) is 17.8. The highest BCUT2D eigenvalue weighted by atomic mass is 79.9. The highest BCUT2D eigenvalue weighted by Gasteiger charge is 2.60. The smallest absolute Gasteiger partial charge is 0.200 e. The van der Waals surface area contributed by atoms with Crippen molar-refractivity contribution < 1.29 is 13.9 Å². The number of ether oxygens (including phenoxy) is 2. The molecular weight excluding hydrogens is 546 g/mol. The zero-order valence-electron chi connectivity index (χ0n) is 25.0. The number of alkyl halides is 1. The van der Waals surface area contributed by atoms with Crippen LogP contribution >= 0.6 is 15.9 Å². The maximum Gasteiger partial charge on any atom is 0.200 e. The lowest BCUT2D eigenvalue weighted by atomic mass is 10.0. The summed E-state index contributed by atoms with van der Waals surface area (Å²) in [7, 11) is -1.82. The normalized spacial score (nSPS) is 26.2. The summed E-state index contributed by atoms with van der Waals surface area (Å²) in [6.07, 6.45) is 10.5. The van der Waals surface area contributed by atoms with Gasteiger partial charge in [0.1, 0.15) is 0 Å². The molecule has 0 radical (unpaired) electrons. The first-order valence-corrected chi connectivity index (χ1v) is 18.7. The van der Waals surface area contributed by atoms with Gasteiger partial charge in [0.15, 0.2) is 8.32 Å². The largest absolute Gasteiger partial charge is 0.416 e. The van der Waals surface area contributed by atoms with Crippen LogP contribution in [-0.4, -0.2) is 93.5 Å². The molecule has 3 fully saturated rings. The molecular formula is C29H58BrN3O3Si. The van der Waals surface area contributed by atoms with E-state index in [2.05, 4.69) is 72.6 Å². The Morgan fingerprint density at radius 3 is 1.78 bits per heavy atom. The van der Waals surface area contributed by atoms with Crippen LogP contribution in [0.1, 0.15) is 92.9 Å². The molecule has 0 aromatic rings. The molecule has 1 saturated carbocycles. The fourth-order valence-corrected chi connectivity index (χ4v) is 13.4. The summed E-state index contributed by atoms with van der Waals surface area (Å²) in [5.41, 5.74) is 2.18. The third-order valence-corrected chi connectivity index (χ3v) is 16.1. The predicted molar refractivity (Wildman–Crippen MR) is 161 cm³/mol. The molecule has 2 heterocycles. The van der Waals surface area contributed by atoms with Crippen molar-refractivity contribution in [2.75, 3.05) is 64.5 Å². The zero-order valence-corrected chi connectivity index (χ0v) is 27.6. The van der Waals surface area contributed by atoms with Gasteiger partial charge in [-0.2, -0.15) is 5.12 Å². The van der Waals surface area contributed by atoms with Crippen LogP contribution in [0.25, 0.3) is 0 Å². The molecule has 218 valence electrons. The minimum absolute atomic E-state index is 0.241. The molecule has 0 N–H and O–H groups in total. The summed E-state index contributed by atoms with van der Waals surface area (Å²) in [6, 6.07) is 0. The lowest BCUT2D eigenvalue weighted by molar-refractivity contribution is -0.260. The fraction of sp³-hybridized carbons (Fsp3) is 1.00. The summed E-state index contributed by atoms with van der Waals surface area (Å²) in [4.78, 5) is 0. The van der Waals surface area contributed by atoms with Crippen molar-refractivity contribution in [2.24, 2.45) is 5.92 Å². The van der Waals surface area contributed by atoms with Crippen molar-refractivity contribution in [1.29, 1.82) is 0 Å². The highest BCUT2D eigenvalue weighted by molar-refractivity contribution is 9.09. The van der Waals surface area contributed by atoms with Crippen molar-refractivity contribution in [3.63, 3.8) is 0 Å². The van der Waals surface area contributed by atoms with Crippen molar-refractivity contribution in [1.82, 2.24) is 15.1 Å². The van der Waals surface area contributed by atoms with E-state index in [4.69, 9.17) is 13.9 Å². The van der Waals surface area contributed by atoms with Gasteiger partial charge < -0.3 is 13.9 Å². The van der Waals surface area contributed by atoms with Crippen LogP contribution in [0.3, 0.4) is 0 Å². The number of hydrogen-bond acceptors (Lipinski definition) is 6. The summed E-state index contributed by atoms with van der Waals surface area (Å²) in [6.45, 7) is 22.7. The molecule has 2 saturated heterocycles. The van der Waals surface area contributed by atoms with Gasteiger partial charge in [-0.3, -0.25) is 0 Å². The second kappa shape index (κ2) is 15.5. The molecule has 0 amide bonds. The van der Waals surface area contributed by atoms with E-state index in [-0.39, 0.29) is 5.54 Å². The van der Waals surface area contributed by atoms with E-state index in [1.54, 1.807) is 0 Å². The topological polar surface area (TPSA) is 37.4 Å². The van der Waals surface area contributed by atoms with Gasteiger partial charge in [-0.1, -0.05) is 83.2 Å². The Bertz CT molecular complexity index is 604. The fourth-order valence-electron chi connectivity index (χ4n) is 7.55. The van der Waals surface area contributed by atoms with Gasteiger partial charge in [0.2, 0.25) is 0 Å². The Morgan fingerprint density at radius 1 is 0.811 bits per heavy atom. The molecule has 2 aliphatic heterocycles. The second-order valence-electron chi connectivity index (χ2n) is 12.6. The van der Waals surface area contributed by atoms with Crippen molar-refractivity contribution in [2.45, 2.75) is 115 Å². The second-order valence-corrected chi connectivity index (χ2v) is 18.8. The molecule has 37 heavy (non-hydrogen) atoms. The molecule has 0 aromatic heterocycles. The van der Waals surface area contributed by atoms with Gasteiger partial charge in [-0.05, 0) is 48.2 Å². The SMILES string of the molecule is CC(C)[Si](OCCC1C[C@]1(CCCCCCCBr)N(N1CCOCC1)N1CCOCC1)(C(C)C)C(C)C. The average molecular weight is 605 g/mol. The van der Waals surface area contributed by atoms with Crippen LogP contribution < -0.4 is 0 Å². The number of halogens is 1. The van der Waals surface area contributed by atoms with E-state index in [0.717, 1.165) is 64.5 Å². The molecule has 8 heteroatoms. The number of hydrazine groups is 2. The molecule has 0 aromatic carbocycles. The first kappa shape index (κ1) is 32.0. The molecule has 0 bridgehead atoms. The minimum atomic E-state index is -1.82.